The molecule has 108 valence electrons. The van der Waals surface area contributed by atoms with Gasteiger partial charge in [-0.2, -0.15) is 18.4 Å². The lowest BCUT2D eigenvalue weighted by molar-refractivity contribution is -0.137. The number of anilines is 1. The Kier molecular flexibility index (Phi) is 4.34. The molecule has 0 unspecified atom stereocenters. The molecule has 0 spiro atoms. The van der Waals surface area contributed by atoms with Gasteiger partial charge in [-0.15, -0.1) is 0 Å². The minimum absolute atomic E-state index is 0.0986. The van der Waals surface area contributed by atoms with Crippen LogP contribution in [0.15, 0.2) is 36.5 Å². The molecule has 0 aliphatic heterocycles. The molecule has 0 fully saturated rings. The number of hydrogen-bond acceptors (Lipinski definition) is 3. The molecule has 0 bridgehead atoms. The highest BCUT2D eigenvalue weighted by Gasteiger charge is 2.31. The minimum Gasteiger partial charge on any atom is -0.365 e. The van der Waals surface area contributed by atoms with E-state index in [2.05, 4.69) is 10.3 Å². The summed E-state index contributed by atoms with van der Waals surface area (Å²) in [5.74, 6) is 0.175. The molecule has 3 nitrogen and oxygen atoms in total. The average Bonchev–Trinajstić information content (AvgIpc) is 2.45. The summed E-state index contributed by atoms with van der Waals surface area (Å²) >= 11 is 5.78. The van der Waals surface area contributed by atoms with E-state index in [0.717, 1.165) is 17.8 Å². The molecule has 2 rings (SSSR count). The van der Waals surface area contributed by atoms with E-state index in [0.29, 0.717) is 12.1 Å². The Morgan fingerprint density at radius 3 is 2.43 bits per heavy atom. The van der Waals surface area contributed by atoms with Gasteiger partial charge in [0.15, 0.2) is 0 Å². The van der Waals surface area contributed by atoms with Crippen molar-refractivity contribution in [1.29, 1.82) is 5.26 Å². The van der Waals surface area contributed by atoms with Crippen LogP contribution in [0.25, 0.3) is 0 Å². The quantitative estimate of drug-likeness (QED) is 0.922. The summed E-state index contributed by atoms with van der Waals surface area (Å²) in [6.07, 6.45) is -3.74. The monoisotopic (exact) mass is 311 g/mol. The highest BCUT2D eigenvalue weighted by Crippen LogP contribution is 2.32. The highest BCUT2D eigenvalue weighted by atomic mass is 35.5. The van der Waals surface area contributed by atoms with Crippen molar-refractivity contribution in [2.75, 3.05) is 5.32 Å². The minimum atomic E-state index is -4.47. The van der Waals surface area contributed by atoms with E-state index in [-0.39, 0.29) is 10.8 Å². The van der Waals surface area contributed by atoms with Crippen LogP contribution >= 0.6 is 11.6 Å². The zero-order valence-corrected chi connectivity index (χ0v) is 11.3. The van der Waals surface area contributed by atoms with Crippen LogP contribution in [0.3, 0.4) is 0 Å². The third-order valence-corrected chi connectivity index (χ3v) is 3.00. The first-order valence-corrected chi connectivity index (χ1v) is 6.23. The fourth-order valence-corrected chi connectivity index (χ4v) is 1.84. The van der Waals surface area contributed by atoms with Gasteiger partial charge in [0.25, 0.3) is 0 Å². The standard InChI is InChI=1S/C14H9ClF3N3/c15-12-5-11(14(16,17)18)8-21-13(12)20-7-10-3-1-9(6-19)2-4-10/h1-5,8H,7H2,(H,20,21). The number of nitrogens with one attached hydrogen (secondary N) is 1. The van der Waals surface area contributed by atoms with Crippen molar-refractivity contribution < 1.29 is 13.2 Å². The van der Waals surface area contributed by atoms with Crippen LogP contribution in [-0.2, 0) is 12.7 Å². The summed E-state index contributed by atoms with van der Waals surface area (Å²) < 4.78 is 37.4. The number of halogens is 4. The number of hydrogen-bond donors (Lipinski definition) is 1. The SMILES string of the molecule is N#Cc1ccc(CNc2ncc(C(F)(F)F)cc2Cl)cc1. The molecule has 7 heteroatoms. The first kappa shape index (κ1) is 15.1. The lowest BCUT2D eigenvalue weighted by Gasteiger charge is -2.10. The van der Waals surface area contributed by atoms with Crippen molar-refractivity contribution in [3.05, 3.63) is 58.2 Å². The number of pyridine rings is 1. The topological polar surface area (TPSA) is 48.7 Å². The zero-order chi connectivity index (χ0) is 15.5. The van der Waals surface area contributed by atoms with E-state index in [9.17, 15) is 13.2 Å². The van der Waals surface area contributed by atoms with Crippen LogP contribution in [0, 0.1) is 11.3 Å². The average molecular weight is 312 g/mol. The maximum Gasteiger partial charge on any atom is 0.417 e. The van der Waals surface area contributed by atoms with Crippen LogP contribution in [0.4, 0.5) is 19.0 Å². The van der Waals surface area contributed by atoms with Crippen LogP contribution < -0.4 is 5.32 Å². The molecule has 0 saturated heterocycles. The second-order valence-corrected chi connectivity index (χ2v) is 4.62. The maximum absolute atomic E-state index is 12.5. The molecule has 21 heavy (non-hydrogen) atoms. The van der Waals surface area contributed by atoms with Crippen molar-refractivity contribution >= 4 is 17.4 Å². The Morgan fingerprint density at radius 1 is 1.24 bits per heavy atom. The Morgan fingerprint density at radius 2 is 1.90 bits per heavy atom. The first-order chi connectivity index (χ1) is 9.90. The van der Waals surface area contributed by atoms with Crippen molar-refractivity contribution in [3.8, 4) is 6.07 Å². The maximum atomic E-state index is 12.5. The van der Waals surface area contributed by atoms with Crippen LogP contribution in [0.2, 0.25) is 5.02 Å². The molecule has 2 aromatic rings. The third-order valence-electron chi connectivity index (χ3n) is 2.71. The number of nitrogens with zero attached hydrogens (tertiary/aromatic N) is 2. The number of rotatable bonds is 3. The molecule has 1 aromatic carbocycles. The van der Waals surface area contributed by atoms with Gasteiger partial charge in [-0.25, -0.2) is 4.98 Å². The predicted molar refractivity (Wildman–Crippen MR) is 72.7 cm³/mol. The van der Waals surface area contributed by atoms with E-state index < -0.39 is 11.7 Å². The molecular weight excluding hydrogens is 303 g/mol. The fourth-order valence-electron chi connectivity index (χ4n) is 1.61. The van der Waals surface area contributed by atoms with Gasteiger partial charge in [-0.3, -0.25) is 0 Å². The van der Waals surface area contributed by atoms with E-state index in [1.807, 2.05) is 6.07 Å². The van der Waals surface area contributed by atoms with Crippen molar-refractivity contribution in [2.24, 2.45) is 0 Å². The van der Waals surface area contributed by atoms with Gasteiger partial charge in [0.05, 0.1) is 22.2 Å². The number of aromatic nitrogens is 1. The summed E-state index contributed by atoms with van der Waals surface area (Å²) in [7, 11) is 0. The van der Waals surface area contributed by atoms with Gasteiger partial charge in [0.2, 0.25) is 0 Å². The second-order valence-electron chi connectivity index (χ2n) is 4.21. The summed E-state index contributed by atoms with van der Waals surface area (Å²) in [5.41, 5.74) is 0.493. The van der Waals surface area contributed by atoms with Crippen molar-refractivity contribution in [2.45, 2.75) is 12.7 Å². The lowest BCUT2D eigenvalue weighted by atomic mass is 10.1. The van der Waals surface area contributed by atoms with Crippen LogP contribution in [0.1, 0.15) is 16.7 Å². The number of nitriles is 1. The number of alkyl halides is 3. The van der Waals surface area contributed by atoms with Gasteiger partial charge in [0, 0.05) is 12.7 Å². The van der Waals surface area contributed by atoms with Gasteiger partial charge >= 0.3 is 6.18 Å². The predicted octanol–water partition coefficient (Wildman–Crippen LogP) is 4.24. The molecule has 1 heterocycles. The highest BCUT2D eigenvalue weighted by molar-refractivity contribution is 6.32. The summed E-state index contributed by atoms with van der Waals surface area (Å²) in [5, 5.41) is 11.4. The van der Waals surface area contributed by atoms with Crippen molar-refractivity contribution in [3.63, 3.8) is 0 Å². The van der Waals surface area contributed by atoms with E-state index in [1.54, 1.807) is 24.3 Å². The fraction of sp³-hybridized carbons (Fsp3) is 0.143. The third kappa shape index (κ3) is 3.86. The molecule has 0 aliphatic rings. The molecule has 0 atom stereocenters. The first-order valence-electron chi connectivity index (χ1n) is 5.86. The van der Waals surface area contributed by atoms with E-state index in [4.69, 9.17) is 16.9 Å². The van der Waals surface area contributed by atoms with Gasteiger partial charge in [0.1, 0.15) is 5.82 Å². The van der Waals surface area contributed by atoms with Gasteiger partial charge in [-0.1, -0.05) is 23.7 Å². The molecule has 0 aliphatic carbocycles. The molecule has 0 saturated carbocycles. The van der Waals surface area contributed by atoms with Crippen LogP contribution in [0.5, 0.6) is 0 Å². The summed E-state index contributed by atoms with van der Waals surface area (Å²) in [4.78, 5) is 3.68. The zero-order valence-electron chi connectivity index (χ0n) is 10.6. The second kappa shape index (κ2) is 6.02. The van der Waals surface area contributed by atoms with Gasteiger partial charge in [-0.05, 0) is 23.8 Å². The molecule has 0 amide bonds. The normalized spacial score (nSPS) is 11.0. The van der Waals surface area contributed by atoms with E-state index >= 15 is 0 Å². The van der Waals surface area contributed by atoms with Crippen LogP contribution in [-0.4, -0.2) is 4.98 Å². The Hall–Kier alpha value is -2.26. The smallest absolute Gasteiger partial charge is 0.365 e. The summed E-state index contributed by atoms with van der Waals surface area (Å²) in [6.45, 7) is 0.337. The summed E-state index contributed by atoms with van der Waals surface area (Å²) in [6, 6.07) is 9.61. The molecule has 0 radical (unpaired) electrons. The molecule has 1 aromatic heterocycles. The number of benzene rings is 1. The molecular formula is C14H9ClF3N3. The largest absolute Gasteiger partial charge is 0.417 e. The lowest BCUT2D eigenvalue weighted by Crippen LogP contribution is -2.08. The Balaban J connectivity index is 2.08. The van der Waals surface area contributed by atoms with Gasteiger partial charge < -0.3 is 5.32 Å². The van der Waals surface area contributed by atoms with Crippen molar-refractivity contribution in [1.82, 2.24) is 4.98 Å². The van der Waals surface area contributed by atoms with E-state index in [1.165, 1.54) is 0 Å². The Labute approximate surface area is 124 Å². The molecule has 1 N–H and O–H groups in total. The Bertz CT molecular complexity index is 675.